The van der Waals surface area contributed by atoms with E-state index in [1.807, 2.05) is 6.92 Å². The number of rotatable bonds is 5. The van der Waals surface area contributed by atoms with E-state index in [-0.39, 0.29) is 17.7 Å². The first kappa shape index (κ1) is 15.0. The van der Waals surface area contributed by atoms with Gasteiger partial charge in [-0.2, -0.15) is 0 Å². The first-order valence-corrected chi connectivity index (χ1v) is 7.08. The molecule has 0 bridgehead atoms. The minimum absolute atomic E-state index is 0.0813. The maximum atomic E-state index is 12.0. The topological polar surface area (TPSA) is 49.3 Å². The number of amides is 1. The van der Waals surface area contributed by atoms with Crippen LogP contribution in [0.2, 0.25) is 0 Å². The molecule has 0 aliphatic rings. The number of carbonyl (C=O) groups excluding carboxylic acids is 1. The minimum Gasteiger partial charge on any atom is -0.507 e. The number of hydrogen-bond donors (Lipinski definition) is 2. The second-order valence-corrected chi connectivity index (χ2v) is 5.36. The van der Waals surface area contributed by atoms with Crippen molar-refractivity contribution in [1.29, 1.82) is 0 Å². The normalized spacial score (nSPS) is 12.5. The second-order valence-electron chi connectivity index (χ2n) is 4.50. The van der Waals surface area contributed by atoms with E-state index in [9.17, 15) is 9.90 Å². The molecule has 0 heterocycles. The largest absolute Gasteiger partial charge is 0.507 e. The summed E-state index contributed by atoms with van der Waals surface area (Å²) in [5.41, 5.74) is 0.480. The molecule has 0 fully saturated rings. The van der Waals surface area contributed by atoms with Gasteiger partial charge in [-0.05, 0) is 47.0 Å². The molecule has 1 unspecified atom stereocenters. The van der Waals surface area contributed by atoms with Gasteiger partial charge >= 0.3 is 0 Å². The molecule has 1 atom stereocenters. The number of benzene rings is 1. The van der Waals surface area contributed by atoms with E-state index in [0.717, 1.165) is 12.8 Å². The molecule has 4 heteroatoms. The fraction of sp³-hybridized carbons (Fsp3) is 0.500. The van der Waals surface area contributed by atoms with Crippen molar-refractivity contribution in [2.75, 3.05) is 0 Å². The number of phenolic OH excluding ortho intramolecular Hbond substituents is 1. The Morgan fingerprint density at radius 3 is 2.50 bits per heavy atom. The molecule has 0 saturated carbocycles. The van der Waals surface area contributed by atoms with Crippen molar-refractivity contribution in [2.24, 2.45) is 5.92 Å². The summed E-state index contributed by atoms with van der Waals surface area (Å²) < 4.78 is 0.590. The Hall–Kier alpha value is -1.03. The highest BCUT2D eigenvalue weighted by atomic mass is 79.9. The minimum atomic E-state index is -0.141. The SMILES string of the molecule is CCC(CC)C(C)NC(=O)c1ccc(Br)c(O)c1. The van der Waals surface area contributed by atoms with Gasteiger partial charge in [-0.15, -0.1) is 0 Å². The molecule has 1 aromatic rings. The van der Waals surface area contributed by atoms with Crippen molar-refractivity contribution in [3.8, 4) is 5.75 Å². The molecule has 2 N–H and O–H groups in total. The zero-order chi connectivity index (χ0) is 13.7. The van der Waals surface area contributed by atoms with E-state index in [4.69, 9.17) is 0 Å². The standard InChI is InChI=1S/C14H20BrNO2/c1-4-10(5-2)9(3)16-14(18)11-6-7-12(15)13(17)8-11/h6-10,17H,4-5H2,1-3H3,(H,16,18). The Bertz CT molecular complexity index is 416. The Morgan fingerprint density at radius 2 is 2.00 bits per heavy atom. The number of halogens is 1. The monoisotopic (exact) mass is 313 g/mol. The zero-order valence-corrected chi connectivity index (χ0v) is 12.6. The Kier molecular flexibility index (Phi) is 5.66. The van der Waals surface area contributed by atoms with Crippen LogP contribution in [-0.4, -0.2) is 17.1 Å². The van der Waals surface area contributed by atoms with E-state index in [2.05, 4.69) is 35.1 Å². The predicted octanol–water partition coefficient (Wildman–Crippen LogP) is 3.71. The van der Waals surface area contributed by atoms with Gasteiger partial charge in [0.2, 0.25) is 0 Å². The van der Waals surface area contributed by atoms with Gasteiger partial charge < -0.3 is 10.4 Å². The molecule has 1 aromatic carbocycles. The fourth-order valence-corrected chi connectivity index (χ4v) is 2.30. The van der Waals surface area contributed by atoms with Crippen LogP contribution < -0.4 is 5.32 Å². The van der Waals surface area contributed by atoms with Crippen LogP contribution in [0.25, 0.3) is 0 Å². The third-order valence-corrected chi connectivity index (χ3v) is 3.99. The van der Waals surface area contributed by atoms with E-state index in [1.54, 1.807) is 12.1 Å². The lowest BCUT2D eigenvalue weighted by molar-refractivity contribution is 0.0925. The van der Waals surface area contributed by atoms with E-state index < -0.39 is 0 Å². The predicted molar refractivity (Wildman–Crippen MR) is 76.8 cm³/mol. The van der Waals surface area contributed by atoms with Crippen LogP contribution in [-0.2, 0) is 0 Å². The molecule has 1 rings (SSSR count). The highest BCUT2D eigenvalue weighted by Gasteiger charge is 2.17. The third-order valence-electron chi connectivity index (χ3n) is 3.32. The summed E-state index contributed by atoms with van der Waals surface area (Å²) in [6.45, 7) is 6.28. The zero-order valence-electron chi connectivity index (χ0n) is 11.0. The number of hydrogen-bond acceptors (Lipinski definition) is 2. The number of carbonyl (C=O) groups is 1. The Labute approximate surface area is 117 Å². The summed E-state index contributed by atoms with van der Waals surface area (Å²) in [6.07, 6.45) is 2.09. The highest BCUT2D eigenvalue weighted by molar-refractivity contribution is 9.10. The Morgan fingerprint density at radius 1 is 1.39 bits per heavy atom. The van der Waals surface area contributed by atoms with Crippen molar-refractivity contribution in [1.82, 2.24) is 5.32 Å². The van der Waals surface area contributed by atoms with Crippen molar-refractivity contribution < 1.29 is 9.90 Å². The van der Waals surface area contributed by atoms with Crippen molar-refractivity contribution in [3.63, 3.8) is 0 Å². The van der Waals surface area contributed by atoms with Crippen molar-refractivity contribution in [3.05, 3.63) is 28.2 Å². The lowest BCUT2D eigenvalue weighted by Gasteiger charge is -2.22. The van der Waals surface area contributed by atoms with Gasteiger partial charge in [0.1, 0.15) is 5.75 Å². The third kappa shape index (κ3) is 3.73. The van der Waals surface area contributed by atoms with Crippen LogP contribution in [0.5, 0.6) is 5.75 Å². The molecule has 0 saturated heterocycles. The summed E-state index contributed by atoms with van der Waals surface area (Å²) in [7, 11) is 0. The lowest BCUT2D eigenvalue weighted by Crippen LogP contribution is -2.37. The maximum absolute atomic E-state index is 12.0. The number of nitrogens with one attached hydrogen (secondary N) is 1. The molecule has 100 valence electrons. The average molecular weight is 314 g/mol. The molecule has 0 aromatic heterocycles. The average Bonchev–Trinajstić information content (AvgIpc) is 2.34. The molecule has 0 radical (unpaired) electrons. The second kappa shape index (κ2) is 6.78. The van der Waals surface area contributed by atoms with E-state index in [1.165, 1.54) is 6.07 Å². The number of aromatic hydroxyl groups is 1. The molecule has 3 nitrogen and oxygen atoms in total. The molecular formula is C14H20BrNO2. The van der Waals surface area contributed by atoms with Gasteiger partial charge in [0.15, 0.2) is 0 Å². The highest BCUT2D eigenvalue weighted by Crippen LogP contribution is 2.24. The van der Waals surface area contributed by atoms with Gasteiger partial charge in [-0.3, -0.25) is 4.79 Å². The van der Waals surface area contributed by atoms with Gasteiger partial charge in [0.05, 0.1) is 4.47 Å². The van der Waals surface area contributed by atoms with Crippen LogP contribution in [0.4, 0.5) is 0 Å². The van der Waals surface area contributed by atoms with Gasteiger partial charge in [-0.1, -0.05) is 26.7 Å². The van der Waals surface area contributed by atoms with E-state index in [0.29, 0.717) is 16.0 Å². The quantitative estimate of drug-likeness (QED) is 0.870. The van der Waals surface area contributed by atoms with Gasteiger partial charge in [-0.25, -0.2) is 0 Å². The van der Waals surface area contributed by atoms with E-state index >= 15 is 0 Å². The smallest absolute Gasteiger partial charge is 0.251 e. The van der Waals surface area contributed by atoms with Crippen LogP contribution in [0.15, 0.2) is 22.7 Å². The first-order valence-electron chi connectivity index (χ1n) is 6.28. The molecule has 0 aliphatic carbocycles. The van der Waals surface area contributed by atoms with Crippen LogP contribution in [0.1, 0.15) is 44.0 Å². The fourth-order valence-electron chi connectivity index (χ4n) is 2.06. The van der Waals surface area contributed by atoms with Gasteiger partial charge in [0, 0.05) is 11.6 Å². The van der Waals surface area contributed by atoms with Gasteiger partial charge in [0.25, 0.3) is 5.91 Å². The molecule has 0 spiro atoms. The first-order chi connectivity index (χ1) is 8.49. The molecule has 1 amide bonds. The molecule has 0 aliphatic heterocycles. The Balaban J connectivity index is 2.73. The summed E-state index contributed by atoms with van der Waals surface area (Å²) in [6, 6.07) is 4.97. The summed E-state index contributed by atoms with van der Waals surface area (Å²) >= 11 is 3.19. The number of phenols is 1. The maximum Gasteiger partial charge on any atom is 0.251 e. The van der Waals surface area contributed by atoms with Crippen molar-refractivity contribution >= 4 is 21.8 Å². The summed E-state index contributed by atoms with van der Waals surface area (Å²) in [5.74, 6) is 0.424. The molecule has 18 heavy (non-hydrogen) atoms. The van der Waals surface area contributed by atoms with Crippen LogP contribution in [0, 0.1) is 5.92 Å². The lowest BCUT2D eigenvalue weighted by atomic mass is 9.95. The molecular weight excluding hydrogens is 294 g/mol. The van der Waals surface area contributed by atoms with Crippen LogP contribution >= 0.6 is 15.9 Å². The summed E-state index contributed by atoms with van der Waals surface area (Å²) in [4.78, 5) is 12.0. The van der Waals surface area contributed by atoms with Crippen LogP contribution in [0.3, 0.4) is 0 Å². The van der Waals surface area contributed by atoms with Crippen molar-refractivity contribution in [2.45, 2.75) is 39.7 Å². The summed E-state index contributed by atoms with van der Waals surface area (Å²) in [5, 5.41) is 12.5.